The smallest absolute Gasteiger partial charge is 0.206 e. The van der Waals surface area contributed by atoms with Gasteiger partial charge in [0.25, 0.3) is 0 Å². The summed E-state index contributed by atoms with van der Waals surface area (Å²) in [7, 11) is 0. The molecule has 5 heteroatoms. The Hall–Kier alpha value is -8.67. The normalized spacial score (nSPS) is 12.6. The van der Waals surface area contributed by atoms with E-state index in [1.807, 2.05) is 18.2 Å². The maximum atomic E-state index is 13.8. The molecule has 12 aromatic rings. The quantitative estimate of drug-likeness (QED) is 0.157. The first-order chi connectivity index (χ1) is 40.1. The number of fused-ring (bicyclic) bond motifs is 20. The minimum Gasteiger partial charge on any atom is -0.206 e. The number of hydrogen-bond donors (Lipinski definition) is 0. The number of hydrogen-bond acceptors (Lipinski definition) is 0. The standard InChI is InChI=1S/2C21H22N.C19H18N.C17H13FN/c1-13(2)17-6-5-16-7-8-20-18-10-14(3)9-15(4)19(18)12-22(20)21(16)11-17;1-4-5-16-6-7-17-8-9-20-18-11-14(2)10-15(3)19(18)13-22(20)21(17)12-16;1-12-9-14(3)17-11-20-18-6-4-5-13(2)15(18)7-8-19(20)16(17)10-12;1-11-5-6-12-10-19-16-4-2-3-15(18)13(16)7-8-17(19)14(12)9-11/h5-11,13H,12H2,1-4H3;6-12H,4-5,13H2,1-3H3;4-10H,11H2,1-3H3;2-9H,10H2,1H3/q4*+1. The predicted octanol–water partition coefficient (Wildman–Crippen LogP) is 17.3. The second kappa shape index (κ2) is 21.3. The van der Waals surface area contributed by atoms with Crippen molar-refractivity contribution in [1.82, 2.24) is 0 Å². The van der Waals surface area contributed by atoms with Gasteiger partial charge in [-0.3, -0.25) is 0 Å². The summed E-state index contributed by atoms with van der Waals surface area (Å²) in [6.07, 6.45) is 2.36. The zero-order valence-corrected chi connectivity index (χ0v) is 50.2. The van der Waals surface area contributed by atoms with Crippen LogP contribution in [0.2, 0.25) is 0 Å². The Morgan fingerprint density at radius 3 is 1.41 bits per heavy atom. The number of rotatable bonds is 3. The molecule has 8 heterocycles. The number of pyridine rings is 4. The van der Waals surface area contributed by atoms with Crippen LogP contribution in [-0.4, -0.2) is 0 Å². The second-order valence-corrected chi connectivity index (χ2v) is 24.5. The lowest BCUT2D eigenvalue weighted by atomic mass is 9.99. The van der Waals surface area contributed by atoms with Gasteiger partial charge in [0.15, 0.2) is 26.2 Å². The molecule has 4 aromatic heterocycles. The Morgan fingerprint density at radius 2 is 0.843 bits per heavy atom. The molecule has 0 radical (unpaired) electrons. The van der Waals surface area contributed by atoms with Gasteiger partial charge in [-0.1, -0.05) is 93.4 Å². The molecule has 0 saturated heterocycles. The van der Waals surface area contributed by atoms with Crippen molar-refractivity contribution in [1.29, 1.82) is 0 Å². The lowest BCUT2D eigenvalue weighted by molar-refractivity contribution is -0.646. The number of nitrogens with zero attached hydrogens (tertiary/aromatic N) is 4. The minimum atomic E-state index is -0.153. The van der Waals surface area contributed by atoms with E-state index < -0.39 is 0 Å². The molecule has 0 saturated carbocycles. The average molecular weight is 1090 g/mol. The predicted molar refractivity (Wildman–Crippen MR) is 341 cm³/mol. The van der Waals surface area contributed by atoms with Crippen molar-refractivity contribution >= 4 is 43.6 Å². The highest BCUT2D eigenvalue weighted by Gasteiger charge is 2.33. The van der Waals surface area contributed by atoms with Crippen molar-refractivity contribution < 1.29 is 22.7 Å². The summed E-state index contributed by atoms with van der Waals surface area (Å²) in [6.45, 7) is 28.1. The molecule has 8 aromatic carbocycles. The molecule has 0 bridgehead atoms. The highest BCUT2D eigenvalue weighted by atomic mass is 19.1. The molecule has 0 aliphatic carbocycles. The van der Waals surface area contributed by atoms with Gasteiger partial charge in [0.1, 0.15) is 5.82 Å². The Bertz CT molecular complexity index is 4660. The first-order valence-electron chi connectivity index (χ1n) is 30.0. The number of aryl methyl sites for hydroxylation is 9. The van der Waals surface area contributed by atoms with Crippen LogP contribution < -0.4 is 18.3 Å². The Labute approximate surface area is 489 Å². The van der Waals surface area contributed by atoms with Crippen LogP contribution in [0.5, 0.6) is 0 Å². The van der Waals surface area contributed by atoms with Crippen LogP contribution in [0, 0.1) is 61.2 Å². The fourth-order valence-corrected chi connectivity index (χ4v) is 13.9. The summed E-state index contributed by atoms with van der Waals surface area (Å²) in [4.78, 5) is 0. The minimum absolute atomic E-state index is 0.153. The van der Waals surface area contributed by atoms with E-state index in [2.05, 4.69) is 240 Å². The van der Waals surface area contributed by atoms with Crippen LogP contribution in [-0.2, 0) is 32.6 Å². The van der Waals surface area contributed by atoms with E-state index in [0.717, 1.165) is 38.1 Å². The largest absolute Gasteiger partial charge is 0.216 e. The molecule has 4 aliphatic heterocycles. The number of aromatic nitrogens is 4. The lowest BCUT2D eigenvalue weighted by Crippen LogP contribution is -2.33. The molecular weight excluding hydrogens is 1010 g/mol. The van der Waals surface area contributed by atoms with E-state index in [9.17, 15) is 4.39 Å². The van der Waals surface area contributed by atoms with E-state index in [4.69, 9.17) is 0 Å². The van der Waals surface area contributed by atoms with Gasteiger partial charge in [-0.15, -0.1) is 0 Å². The highest BCUT2D eigenvalue weighted by molar-refractivity contribution is 5.84. The average Bonchev–Trinajstić information content (AvgIpc) is 3.40. The molecule has 0 amide bonds. The Balaban J connectivity index is 0.000000104. The SMILES string of the molecule is CCCc1ccc2ccc3[n+](c2c1)Cc1c(C)cc(C)cc1-3.Cc1cc(C)c2c(c1)-c1ccc3c(C)cccc3[n+]1C2.Cc1cc(C)c2c(c1)-c1ccc3ccc(C(C)C)cc3[n+]1C2.Cc1ccc2c(c1)-c1ccc3c(F)cccc3[n+]1C2. The van der Waals surface area contributed by atoms with E-state index in [1.54, 1.807) is 6.07 Å². The summed E-state index contributed by atoms with van der Waals surface area (Å²) in [5, 5.41) is 4.72. The molecule has 0 fully saturated rings. The third-order valence-corrected chi connectivity index (χ3v) is 18.2. The zero-order chi connectivity index (χ0) is 57.5. The van der Waals surface area contributed by atoms with E-state index in [0.29, 0.717) is 11.3 Å². The topological polar surface area (TPSA) is 15.5 Å². The summed E-state index contributed by atoms with van der Waals surface area (Å²) in [5.74, 6) is 0.411. The lowest BCUT2D eigenvalue weighted by Gasteiger charge is -2.06. The summed E-state index contributed by atoms with van der Waals surface area (Å²) >= 11 is 0. The zero-order valence-electron chi connectivity index (χ0n) is 50.2. The van der Waals surface area contributed by atoms with Crippen LogP contribution in [0.1, 0.15) is 111 Å². The van der Waals surface area contributed by atoms with Gasteiger partial charge in [-0.2, -0.15) is 18.3 Å². The molecule has 410 valence electrons. The van der Waals surface area contributed by atoms with Crippen molar-refractivity contribution in [2.45, 2.75) is 121 Å². The van der Waals surface area contributed by atoms with Crippen LogP contribution in [0.25, 0.3) is 88.6 Å². The van der Waals surface area contributed by atoms with Gasteiger partial charge >= 0.3 is 0 Å². The maximum absolute atomic E-state index is 13.8. The third kappa shape index (κ3) is 9.58. The first kappa shape index (κ1) is 53.6. The molecule has 0 unspecified atom stereocenters. The molecule has 0 spiro atoms. The molecular formula is C78H75FN4+4. The summed E-state index contributed by atoms with van der Waals surface area (Å²) in [5.41, 5.74) is 35.3. The number of benzene rings is 8. The van der Waals surface area contributed by atoms with Crippen molar-refractivity contribution in [2.24, 2.45) is 0 Å². The molecule has 16 rings (SSSR count). The van der Waals surface area contributed by atoms with Crippen LogP contribution in [0.4, 0.5) is 4.39 Å². The van der Waals surface area contributed by atoms with Crippen molar-refractivity contribution in [3.8, 4) is 45.0 Å². The molecule has 0 N–H and O–H groups in total. The highest BCUT2D eigenvalue weighted by Crippen LogP contribution is 2.37. The Kier molecular flexibility index (Phi) is 13.7. The molecule has 4 nitrogen and oxygen atoms in total. The summed E-state index contributed by atoms with van der Waals surface area (Å²) in [6, 6.07) is 63.6. The van der Waals surface area contributed by atoms with Crippen LogP contribution in [0.15, 0.2) is 176 Å². The van der Waals surface area contributed by atoms with Crippen LogP contribution in [0.3, 0.4) is 0 Å². The van der Waals surface area contributed by atoms with Gasteiger partial charge in [-0.25, -0.2) is 4.39 Å². The van der Waals surface area contributed by atoms with E-state index in [1.165, 1.54) is 168 Å². The van der Waals surface area contributed by atoms with E-state index in [-0.39, 0.29) is 5.82 Å². The number of halogens is 1. The molecule has 83 heavy (non-hydrogen) atoms. The van der Waals surface area contributed by atoms with E-state index >= 15 is 0 Å². The fraction of sp³-hybridized carbons (Fsp3) is 0.231. The van der Waals surface area contributed by atoms with Gasteiger partial charge in [0.05, 0.1) is 27.6 Å². The second-order valence-electron chi connectivity index (χ2n) is 24.5. The van der Waals surface area contributed by atoms with Crippen LogP contribution >= 0.6 is 0 Å². The van der Waals surface area contributed by atoms with Gasteiger partial charge in [0, 0.05) is 86.9 Å². The molecule has 0 atom stereocenters. The van der Waals surface area contributed by atoms with Gasteiger partial charge in [-0.05, 0) is 185 Å². The van der Waals surface area contributed by atoms with Gasteiger partial charge in [0.2, 0.25) is 44.8 Å². The van der Waals surface area contributed by atoms with Gasteiger partial charge < -0.3 is 0 Å². The van der Waals surface area contributed by atoms with Crippen molar-refractivity contribution in [2.75, 3.05) is 0 Å². The first-order valence-corrected chi connectivity index (χ1v) is 30.0. The fourth-order valence-electron chi connectivity index (χ4n) is 13.9. The monoisotopic (exact) mass is 1090 g/mol. The van der Waals surface area contributed by atoms with Crippen molar-refractivity contribution in [3.63, 3.8) is 0 Å². The Morgan fingerprint density at radius 1 is 0.386 bits per heavy atom. The third-order valence-electron chi connectivity index (χ3n) is 18.2. The van der Waals surface area contributed by atoms with Crippen molar-refractivity contribution in [3.05, 3.63) is 260 Å². The summed E-state index contributed by atoms with van der Waals surface area (Å²) < 4.78 is 23.5. The maximum Gasteiger partial charge on any atom is 0.216 e. The molecule has 4 aliphatic rings.